The van der Waals surface area contributed by atoms with Gasteiger partial charge in [0, 0.05) is 24.1 Å². The van der Waals surface area contributed by atoms with Gasteiger partial charge < -0.3 is 15.2 Å². The van der Waals surface area contributed by atoms with Crippen molar-refractivity contribution in [3.8, 4) is 0 Å². The highest BCUT2D eigenvalue weighted by atomic mass is 32.1. The molecular formula is C13H17NO4S. The molecule has 1 amide bonds. The second-order valence-corrected chi connectivity index (χ2v) is 4.96. The summed E-state index contributed by atoms with van der Waals surface area (Å²) in [5.41, 5.74) is 0. The molecule has 0 fully saturated rings. The van der Waals surface area contributed by atoms with Crippen LogP contribution in [0.15, 0.2) is 18.2 Å². The van der Waals surface area contributed by atoms with Crippen molar-refractivity contribution in [2.24, 2.45) is 0 Å². The van der Waals surface area contributed by atoms with Gasteiger partial charge in [-0.3, -0.25) is 4.79 Å². The number of rotatable bonds is 7. The highest BCUT2D eigenvalue weighted by molar-refractivity contribution is 7.14. The summed E-state index contributed by atoms with van der Waals surface area (Å²) >= 11 is 1.24. The summed E-state index contributed by atoms with van der Waals surface area (Å²) in [6, 6.07) is 3.39. The number of aliphatic carboxylic acids is 1. The topological polar surface area (TPSA) is 75.6 Å². The minimum atomic E-state index is -1.01. The van der Waals surface area contributed by atoms with Gasteiger partial charge in [-0.1, -0.05) is 0 Å². The Labute approximate surface area is 115 Å². The fourth-order valence-electron chi connectivity index (χ4n) is 1.38. The Kier molecular flexibility index (Phi) is 6.24. The van der Waals surface area contributed by atoms with Gasteiger partial charge in [0.25, 0.3) is 5.91 Å². The number of nitrogens with one attached hydrogen (secondary N) is 1. The summed E-state index contributed by atoms with van der Waals surface area (Å²) in [7, 11) is 0. The van der Waals surface area contributed by atoms with Gasteiger partial charge in [-0.25, -0.2) is 4.79 Å². The Morgan fingerprint density at radius 3 is 2.89 bits per heavy atom. The zero-order valence-electron chi connectivity index (χ0n) is 10.9. The summed E-state index contributed by atoms with van der Waals surface area (Å²) in [5.74, 6) is -1.18. The normalized spacial score (nSPS) is 12.5. The smallest absolute Gasteiger partial charge is 0.328 e. The number of hydrogen-bond acceptors (Lipinski definition) is 4. The second-order valence-electron chi connectivity index (χ2n) is 3.85. The van der Waals surface area contributed by atoms with Crippen LogP contribution in [0.4, 0.5) is 0 Å². The van der Waals surface area contributed by atoms with Gasteiger partial charge in [0.2, 0.25) is 0 Å². The van der Waals surface area contributed by atoms with E-state index in [0.29, 0.717) is 18.0 Å². The molecule has 1 unspecified atom stereocenters. The largest absolute Gasteiger partial charge is 0.478 e. The number of carboxylic acids is 1. The van der Waals surface area contributed by atoms with E-state index in [4.69, 9.17) is 9.84 Å². The van der Waals surface area contributed by atoms with Crippen LogP contribution < -0.4 is 5.32 Å². The number of amides is 1. The van der Waals surface area contributed by atoms with Crippen molar-refractivity contribution in [3.05, 3.63) is 28.0 Å². The molecule has 104 valence electrons. The molecule has 6 heteroatoms. The third-order valence-electron chi connectivity index (χ3n) is 2.24. The molecule has 0 spiro atoms. The lowest BCUT2D eigenvalue weighted by Crippen LogP contribution is -2.31. The number of ether oxygens (including phenoxy) is 1. The first-order valence-electron chi connectivity index (χ1n) is 5.93. The van der Waals surface area contributed by atoms with Crippen LogP contribution >= 0.6 is 11.3 Å². The SMILES string of the molecule is CCOC(C)CNC(=O)c1ccc(/C=C/C(=O)O)s1. The summed E-state index contributed by atoms with van der Waals surface area (Å²) in [6.07, 6.45) is 2.48. The number of carboxylic acid groups (broad SMARTS) is 1. The van der Waals surface area contributed by atoms with Crippen LogP contribution in [0.2, 0.25) is 0 Å². The zero-order chi connectivity index (χ0) is 14.3. The highest BCUT2D eigenvalue weighted by Gasteiger charge is 2.09. The van der Waals surface area contributed by atoms with Crippen LogP contribution in [-0.2, 0) is 9.53 Å². The van der Waals surface area contributed by atoms with Crippen molar-refractivity contribution in [2.75, 3.05) is 13.2 Å². The second kappa shape index (κ2) is 7.70. The molecule has 2 N–H and O–H groups in total. The predicted octanol–water partition coefficient (Wildman–Crippen LogP) is 2.00. The molecule has 0 aliphatic rings. The molecule has 1 aromatic heterocycles. The molecule has 19 heavy (non-hydrogen) atoms. The summed E-state index contributed by atoms with van der Waals surface area (Å²) in [5, 5.41) is 11.3. The van der Waals surface area contributed by atoms with Gasteiger partial charge in [0.05, 0.1) is 11.0 Å². The molecule has 0 bridgehead atoms. The van der Waals surface area contributed by atoms with Crippen LogP contribution in [-0.4, -0.2) is 36.2 Å². The van der Waals surface area contributed by atoms with Gasteiger partial charge in [-0.05, 0) is 32.1 Å². The van der Waals surface area contributed by atoms with Crippen LogP contribution in [0, 0.1) is 0 Å². The van der Waals surface area contributed by atoms with E-state index in [0.717, 1.165) is 11.0 Å². The van der Waals surface area contributed by atoms with E-state index in [1.54, 1.807) is 12.1 Å². The number of hydrogen-bond donors (Lipinski definition) is 2. The molecule has 1 heterocycles. The Balaban J connectivity index is 2.51. The van der Waals surface area contributed by atoms with E-state index in [9.17, 15) is 9.59 Å². The van der Waals surface area contributed by atoms with E-state index < -0.39 is 5.97 Å². The van der Waals surface area contributed by atoms with E-state index in [2.05, 4.69) is 5.32 Å². The maximum Gasteiger partial charge on any atom is 0.328 e. The molecule has 0 aliphatic carbocycles. The lowest BCUT2D eigenvalue weighted by atomic mass is 10.3. The Hall–Kier alpha value is -1.66. The summed E-state index contributed by atoms with van der Waals surface area (Å²) in [4.78, 5) is 23.5. The maximum atomic E-state index is 11.8. The molecule has 0 saturated heterocycles. The van der Waals surface area contributed by atoms with Crippen LogP contribution in [0.3, 0.4) is 0 Å². The number of thiophene rings is 1. The molecule has 1 rings (SSSR count). The lowest BCUT2D eigenvalue weighted by Gasteiger charge is -2.11. The van der Waals surface area contributed by atoms with Crippen molar-refractivity contribution in [1.29, 1.82) is 0 Å². The highest BCUT2D eigenvalue weighted by Crippen LogP contribution is 2.17. The third-order valence-corrected chi connectivity index (χ3v) is 3.29. The van der Waals surface area contributed by atoms with Crippen molar-refractivity contribution >= 4 is 29.3 Å². The van der Waals surface area contributed by atoms with Crippen molar-refractivity contribution in [1.82, 2.24) is 5.32 Å². The minimum absolute atomic E-state index is 0.0275. The first kappa shape index (κ1) is 15.4. The summed E-state index contributed by atoms with van der Waals surface area (Å²) < 4.78 is 5.31. The molecule has 1 aromatic rings. The van der Waals surface area contributed by atoms with Crippen LogP contribution in [0.1, 0.15) is 28.4 Å². The van der Waals surface area contributed by atoms with E-state index in [1.165, 1.54) is 17.4 Å². The lowest BCUT2D eigenvalue weighted by molar-refractivity contribution is -0.131. The van der Waals surface area contributed by atoms with E-state index in [1.807, 2.05) is 13.8 Å². The molecule has 5 nitrogen and oxygen atoms in total. The third kappa shape index (κ3) is 5.67. The monoisotopic (exact) mass is 283 g/mol. The fourth-order valence-corrected chi connectivity index (χ4v) is 2.21. The fraction of sp³-hybridized carbons (Fsp3) is 0.385. The van der Waals surface area contributed by atoms with E-state index >= 15 is 0 Å². The van der Waals surface area contributed by atoms with E-state index in [-0.39, 0.29) is 12.0 Å². The van der Waals surface area contributed by atoms with Crippen molar-refractivity contribution in [2.45, 2.75) is 20.0 Å². The molecular weight excluding hydrogens is 266 g/mol. The average Bonchev–Trinajstić information content (AvgIpc) is 2.82. The quantitative estimate of drug-likeness (QED) is 0.750. The van der Waals surface area contributed by atoms with Crippen LogP contribution in [0.5, 0.6) is 0 Å². The van der Waals surface area contributed by atoms with Gasteiger partial charge in [-0.15, -0.1) is 11.3 Å². The van der Waals surface area contributed by atoms with Crippen molar-refractivity contribution < 1.29 is 19.4 Å². The van der Waals surface area contributed by atoms with Crippen molar-refractivity contribution in [3.63, 3.8) is 0 Å². The number of carbonyl (C=O) groups excluding carboxylic acids is 1. The minimum Gasteiger partial charge on any atom is -0.478 e. The Morgan fingerprint density at radius 2 is 2.26 bits per heavy atom. The molecule has 0 radical (unpaired) electrons. The molecule has 0 aromatic carbocycles. The standard InChI is InChI=1S/C13H17NO4S/c1-3-18-9(2)8-14-13(17)11-6-4-10(19-11)5-7-12(15)16/h4-7,9H,3,8H2,1-2H3,(H,14,17)(H,15,16)/b7-5+. The summed E-state index contributed by atoms with van der Waals surface area (Å²) in [6.45, 7) is 4.85. The van der Waals surface area contributed by atoms with Gasteiger partial charge in [0.15, 0.2) is 0 Å². The first-order valence-corrected chi connectivity index (χ1v) is 6.75. The Bertz CT molecular complexity index is 467. The first-order chi connectivity index (χ1) is 9.02. The Morgan fingerprint density at radius 1 is 1.53 bits per heavy atom. The zero-order valence-corrected chi connectivity index (χ0v) is 11.7. The molecule has 0 saturated carbocycles. The molecule has 0 aliphatic heterocycles. The van der Waals surface area contributed by atoms with Gasteiger partial charge in [0.1, 0.15) is 0 Å². The maximum absolute atomic E-state index is 11.8. The molecule has 1 atom stereocenters. The van der Waals surface area contributed by atoms with Gasteiger partial charge >= 0.3 is 5.97 Å². The van der Waals surface area contributed by atoms with Gasteiger partial charge in [-0.2, -0.15) is 0 Å². The average molecular weight is 283 g/mol. The predicted molar refractivity (Wildman–Crippen MR) is 74.4 cm³/mol. The van der Waals surface area contributed by atoms with Crippen LogP contribution in [0.25, 0.3) is 6.08 Å². The number of carbonyl (C=O) groups is 2.